The molecule has 0 aromatic heterocycles. The highest BCUT2D eigenvalue weighted by Crippen LogP contribution is 2.13. The summed E-state index contributed by atoms with van der Waals surface area (Å²) in [5, 5.41) is 0. The van der Waals surface area contributed by atoms with Crippen LogP contribution in [-0.4, -0.2) is 18.9 Å². The van der Waals surface area contributed by atoms with Gasteiger partial charge in [0.2, 0.25) is 0 Å². The lowest BCUT2D eigenvalue weighted by atomic mass is 10.1. The second kappa shape index (κ2) is 7.04. The second-order valence-corrected chi connectivity index (χ2v) is 2.75. The molecule has 68 valence electrons. The van der Waals surface area contributed by atoms with Gasteiger partial charge in [-0.25, -0.2) is 0 Å². The molecule has 2 nitrogen and oxygen atoms in total. The number of aliphatic imine (C=N–C) groups is 2. The van der Waals surface area contributed by atoms with E-state index in [0.29, 0.717) is 11.9 Å². The number of rotatable bonds is 5. The van der Waals surface area contributed by atoms with Crippen LogP contribution < -0.4 is 0 Å². The van der Waals surface area contributed by atoms with Gasteiger partial charge in [-0.05, 0) is 25.1 Å². The average molecular weight is 187 g/mol. The molecule has 0 aliphatic heterocycles. The zero-order chi connectivity index (χ0) is 9.40. The summed E-state index contributed by atoms with van der Waals surface area (Å²) in [7, 11) is 0. The van der Waals surface area contributed by atoms with Crippen LogP contribution in [0.15, 0.2) is 21.8 Å². The first kappa shape index (κ1) is 11.4. The summed E-state index contributed by atoms with van der Waals surface area (Å²) in [4.78, 5) is 7.76. The molecule has 0 bridgehead atoms. The van der Waals surface area contributed by atoms with Crippen LogP contribution in [-0.2, 0) is 0 Å². The minimum Gasteiger partial charge on any atom is -0.277 e. The first-order valence-corrected chi connectivity index (χ1v) is 4.52. The molecule has 0 aliphatic carbocycles. The second-order valence-electron chi connectivity index (χ2n) is 2.51. The predicted molar refractivity (Wildman–Crippen MR) is 56.3 cm³/mol. The molecule has 0 aromatic rings. The smallest absolute Gasteiger partial charge is 0.113 e. The minimum absolute atomic E-state index is 0.293. The highest BCUT2D eigenvalue weighted by atomic mass is 35.5. The van der Waals surface area contributed by atoms with E-state index in [-0.39, 0.29) is 0 Å². The molecule has 0 aromatic carbocycles. The van der Waals surface area contributed by atoms with Crippen molar-refractivity contribution >= 4 is 24.5 Å². The topological polar surface area (TPSA) is 24.7 Å². The molecule has 0 amide bonds. The Morgan fingerprint density at radius 3 is 2.75 bits per heavy atom. The molecule has 1 unspecified atom stereocenters. The summed E-state index contributed by atoms with van der Waals surface area (Å²) < 4.78 is 0. The molecule has 0 spiro atoms. The normalized spacial score (nSPS) is 15.1. The van der Waals surface area contributed by atoms with Gasteiger partial charge in [-0.1, -0.05) is 13.8 Å². The fourth-order valence-electron chi connectivity index (χ4n) is 0.751. The third-order valence-corrected chi connectivity index (χ3v) is 1.86. The van der Waals surface area contributed by atoms with E-state index in [4.69, 9.17) is 11.6 Å². The molecular weight excluding hydrogens is 172 g/mol. The Bertz CT molecular complexity index is 185. The van der Waals surface area contributed by atoms with E-state index in [1.165, 1.54) is 0 Å². The Morgan fingerprint density at radius 1 is 1.67 bits per heavy atom. The van der Waals surface area contributed by atoms with Crippen molar-refractivity contribution in [2.75, 3.05) is 6.00 Å². The summed E-state index contributed by atoms with van der Waals surface area (Å²) in [6.07, 6.45) is 4.58. The van der Waals surface area contributed by atoms with E-state index in [2.05, 4.69) is 30.5 Å². The molecule has 0 rings (SSSR count). The molecular formula is C9H15ClN2. The lowest BCUT2D eigenvalue weighted by molar-refractivity contribution is 0.650. The maximum Gasteiger partial charge on any atom is 0.113 e. The van der Waals surface area contributed by atoms with Crippen LogP contribution in [0.2, 0.25) is 0 Å². The Hall–Kier alpha value is -0.630. The van der Waals surface area contributed by atoms with Crippen LogP contribution in [0.1, 0.15) is 20.3 Å². The predicted octanol–water partition coefficient (Wildman–Crippen LogP) is 2.88. The van der Waals surface area contributed by atoms with Crippen molar-refractivity contribution in [3.8, 4) is 0 Å². The van der Waals surface area contributed by atoms with Gasteiger partial charge in [0.15, 0.2) is 0 Å². The Labute approximate surface area is 79.1 Å². The van der Waals surface area contributed by atoms with Crippen LogP contribution in [0.5, 0.6) is 0 Å². The molecule has 0 heterocycles. The van der Waals surface area contributed by atoms with Gasteiger partial charge in [0.1, 0.15) is 6.00 Å². The van der Waals surface area contributed by atoms with Crippen LogP contribution in [0, 0.1) is 5.92 Å². The lowest BCUT2D eigenvalue weighted by Gasteiger charge is -2.06. The molecule has 0 N–H and O–H groups in total. The number of nitrogens with zero attached hydrogens (tertiary/aromatic N) is 2. The van der Waals surface area contributed by atoms with Gasteiger partial charge in [-0.2, -0.15) is 0 Å². The van der Waals surface area contributed by atoms with Gasteiger partial charge >= 0.3 is 0 Å². The standard InChI is InChI=1S/C9H15ClN2/c1-4-8(2)9(11-3)5-6-12-7-10/h5-6,8H,3-4,7H2,1-2H3/b9-5-,12-6-. The van der Waals surface area contributed by atoms with Gasteiger partial charge in [0.25, 0.3) is 0 Å². The zero-order valence-corrected chi connectivity index (χ0v) is 8.38. The van der Waals surface area contributed by atoms with Crippen molar-refractivity contribution < 1.29 is 0 Å². The zero-order valence-electron chi connectivity index (χ0n) is 7.63. The van der Waals surface area contributed by atoms with Crippen molar-refractivity contribution in [3.05, 3.63) is 11.8 Å². The summed E-state index contributed by atoms with van der Waals surface area (Å²) >= 11 is 5.37. The molecule has 1 atom stereocenters. The van der Waals surface area contributed by atoms with E-state index < -0.39 is 0 Å². The van der Waals surface area contributed by atoms with Gasteiger partial charge in [-0.3, -0.25) is 9.98 Å². The largest absolute Gasteiger partial charge is 0.277 e. The molecule has 12 heavy (non-hydrogen) atoms. The highest BCUT2D eigenvalue weighted by Gasteiger charge is 2.01. The van der Waals surface area contributed by atoms with Crippen LogP contribution in [0.3, 0.4) is 0 Å². The van der Waals surface area contributed by atoms with Crippen molar-refractivity contribution in [1.82, 2.24) is 0 Å². The summed E-state index contributed by atoms with van der Waals surface area (Å²) in [5.41, 5.74) is 0.964. The Balaban J connectivity index is 4.22. The maximum absolute atomic E-state index is 5.37. The molecule has 0 fully saturated rings. The SMILES string of the molecule is C=N/C(=C\C=N/CCl)C(C)CC. The lowest BCUT2D eigenvalue weighted by Crippen LogP contribution is -1.94. The van der Waals surface area contributed by atoms with Crippen molar-refractivity contribution in [1.29, 1.82) is 0 Å². The molecule has 0 aliphatic rings. The van der Waals surface area contributed by atoms with E-state index in [9.17, 15) is 0 Å². The van der Waals surface area contributed by atoms with Gasteiger partial charge < -0.3 is 0 Å². The van der Waals surface area contributed by atoms with Crippen molar-refractivity contribution in [2.45, 2.75) is 20.3 Å². The van der Waals surface area contributed by atoms with Crippen LogP contribution in [0.4, 0.5) is 0 Å². The third-order valence-electron chi connectivity index (χ3n) is 1.72. The first-order chi connectivity index (χ1) is 5.76. The van der Waals surface area contributed by atoms with Crippen LogP contribution in [0.25, 0.3) is 0 Å². The quantitative estimate of drug-likeness (QED) is 0.359. The number of hydrogen-bond donors (Lipinski definition) is 0. The summed E-state index contributed by atoms with van der Waals surface area (Å²) in [5.74, 6) is 0.435. The molecule has 0 saturated heterocycles. The van der Waals surface area contributed by atoms with Gasteiger partial charge in [0, 0.05) is 11.9 Å². The molecule has 0 saturated carbocycles. The summed E-state index contributed by atoms with van der Waals surface area (Å²) in [6.45, 7) is 7.72. The molecule has 3 heteroatoms. The van der Waals surface area contributed by atoms with E-state index in [1.807, 2.05) is 6.08 Å². The monoisotopic (exact) mass is 186 g/mol. The maximum atomic E-state index is 5.37. The van der Waals surface area contributed by atoms with Gasteiger partial charge in [0.05, 0.1) is 0 Å². The van der Waals surface area contributed by atoms with E-state index in [0.717, 1.165) is 12.1 Å². The Kier molecular flexibility index (Phi) is 6.67. The van der Waals surface area contributed by atoms with Gasteiger partial charge in [-0.15, -0.1) is 11.6 Å². The van der Waals surface area contributed by atoms with Crippen LogP contribution >= 0.6 is 11.6 Å². The van der Waals surface area contributed by atoms with E-state index >= 15 is 0 Å². The van der Waals surface area contributed by atoms with E-state index in [1.54, 1.807) is 6.21 Å². The first-order valence-electron chi connectivity index (χ1n) is 3.98. The minimum atomic E-state index is 0.293. The fraction of sp³-hybridized carbons (Fsp3) is 0.556. The number of halogens is 1. The summed E-state index contributed by atoms with van der Waals surface area (Å²) in [6, 6.07) is 0.293. The van der Waals surface area contributed by atoms with Crippen molar-refractivity contribution in [2.24, 2.45) is 15.9 Å². The molecule has 0 radical (unpaired) electrons. The Morgan fingerprint density at radius 2 is 2.33 bits per heavy atom. The van der Waals surface area contributed by atoms with Crippen molar-refractivity contribution in [3.63, 3.8) is 0 Å². The number of allylic oxidation sites excluding steroid dienone is 2. The fourth-order valence-corrected chi connectivity index (χ4v) is 0.831. The number of alkyl halides is 1. The number of hydrogen-bond acceptors (Lipinski definition) is 2. The highest BCUT2D eigenvalue weighted by molar-refractivity contribution is 6.18. The third kappa shape index (κ3) is 4.29. The average Bonchev–Trinajstić information content (AvgIpc) is 2.11.